The zero-order valence-corrected chi connectivity index (χ0v) is 17.0. The van der Waals surface area contributed by atoms with Crippen molar-refractivity contribution in [3.05, 3.63) is 0 Å². The number of nitrogens with one attached hydrogen (secondary N) is 2. The number of halogens is 1. The lowest BCUT2D eigenvalue weighted by Crippen LogP contribution is -2.40. The molecule has 0 aliphatic rings. The molecule has 0 unspecified atom stereocenters. The minimum absolute atomic E-state index is 0. The maximum Gasteiger partial charge on any atom is 0.211 e. The largest absolute Gasteiger partial charge is 0.356 e. The van der Waals surface area contributed by atoms with Crippen LogP contribution < -0.4 is 10.6 Å². The highest BCUT2D eigenvalue weighted by atomic mass is 127. The molecule has 0 heterocycles. The molecular formula is C13H31IN4O2S. The molecule has 21 heavy (non-hydrogen) atoms. The van der Waals surface area contributed by atoms with Gasteiger partial charge in [-0.3, -0.25) is 4.99 Å². The second kappa shape index (κ2) is 12.5. The van der Waals surface area contributed by atoms with Crippen molar-refractivity contribution in [3.63, 3.8) is 0 Å². The van der Waals surface area contributed by atoms with Crippen LogP contribution in [0.5, 0.6) is 0 Å². The van der Waals surface area contributed by atoms with Gasteiger partial charge >= 0.3 is 0 Å². The second-order valence-electron chi connectivity index (χ2n) is 5.22. The average Bonchev–Trinajstić information content (AvgIpc) is 2.34. The molecule has 0 atom stereocenters. The van der Waals surface area contributed by atoms with Gasteiger partial charge in [0.25, 0.3) is 0 Å². The molecule has 6 nitrogen and oxygen atoms in total. The first-order valence-electron chi connectivity index (χ1n) is 7.20. The Morgan fingerprint density at radius 1 is 1.24 bits per heavy atom. The van der Waals surface area contributed by atoms with E-state index in [0.717, 1.165) is 25.3 Å². The van der Waals surface area contributed by atoms with Crippen LogP contribution >= 0.6 is 24.0 Å². The fraction of sp³-hybridized carbons (Fsp3) is 0.923. The molecule has 0 rings (SSSR count). The lowest BCUT2D eigenvalue weighted by atomic mass is 10.1. The van der Waals surface area contributed by atoms with E-state index >= 15 is 0 Å². The van der Waals surface area contributed by atoms with Crippen molar-refractivity contribution in [3.8, 4) is 0 Å². The third-order valence-electron chi connectivity index (χ3n) is 2.94. The van der Waals surface area contributed by atoms with E-state index in [4.69, 9.17) is 0 Å². The SMILES string of the molecule is CCN(CCCNC(=NC)NCCC(C)C)S(C)(=O)=O.I. The zero-order chi connectivity index (χ0) is 15.6. The third-order valence-corrected chi connectivity index (χ3v) is 4.32. The smallest absolute Gasteiger partial charge is 0.211 e. The number of hydrogen-bond donors (Lipinski definition) is 2. The van der Waals surface area contributed by atoms with Gasteiger partial charge in [0.05, 0.1) is 6.26 Å². The molecule has 128 valence electrons. The summed E-state index contributed by atoms with van der Waals surface area (Å²) in [4.78, 5) is 4.13. The van der Waals surface area contributed by atoms with Gasteiger partial charge in [0.1, 0.15) is 0 Å². The Morgan fingerprint density at radius 2 is 1.81 bits per heavy atom. The van der Waals surface area contributed by atoms with Crippen LogP contribution in [-0.4, -0.2) is 58.2 Å². The topological polar surface area (TPSA) is 73.8 Å². The van der Waals surface area contributed by atoms with E-state index in [1.807, 2.05) is 6.92 Å². The van der Waals surface area contributed by atoms with Crippen LogP contribution in [0, 0.1) is 5.92 Å². The minimum Gasteiger partial charge on any atom is -0.356 e. The van der Waals surface area contributed by atoms with Gasteiger partial charge in [0.15, 0.2) is 5.96 Å². The summed E-state index contributed by atoms with van der Waals surface area (Å²) in [5, 5.41) is 6.43. The maximum absolute atomic E-state index is 11.4. The number of guanidine groups is 1. The fourth-order valence-corrected chi connectivity index (χ4v) is 2.65. The van der Waals surface area contributed by atoms with Crippen LogP contribution in [0.3, 0.4) is 0 Å². The standard InChI is InChI=1S/C13H30N4O2S.HI/c1-6-17(20(5,18)19)11-7-9-15-13(14-4)16-10-8-12(2)3;/h12H,6-11H2,1-5H3,(H2,14,15,16);1H. The average molecular weight is 434 g/mol. The number of rotatable bonds is 9. The van der Waals surface area contributed by atoms with Crippen molar-refractivity contribution in [2.75, 3.05) is 39.5 Å². The Labute approximate surface area is 147 Å². The number of hydrogen-bond acceptors (Lipinski definition) is 3. The van der Waals surface area contributed by atoms with Crippen LogP contribution in [0.4, 0.5) is 0 Å². The highest BCUT2D eigenvalue weighted by Crippen LogP contribution is 1.98. The highest BCUT2D eigenvalue weighted by Gasteiger charge is 2.13. The fourth-order valence-electron chi connectivity index (χ4n) is 1.72. The minimum atomic E-state index is -3.09. The molecule has 2 N–H and O–H groups in total. The van der Waals surface area contributed by atoms with Crippen molar-refractivity contribution in [1.29, 1.82) is 0 Å². The summed E-state index contributed by atoms with van der Waals surface area (Å²) in [6, 6.07) is 0. The van der Waals surface area contributed by atoms with E-state index in [2.05, 4.69) is 29.5 Å². The van der Waals surface area contributed by atoms with E-state index < -0.39 is 10.0 Å². The quantitative estimate of drug-likeness (QED) is 0.250. The molecule has 0 saturated heterocycles. The van der Waals surface area contributed by atoms with Gasteiger partial charge in [0.2, 0.25) is 10.0 Å². The van der Waals surface area contributed by atoms with Crippen molar-refractivity contribution in [2.45, 2.75) is 33.6 Å². The Bertz CT molecular complexity index is 386. The van der Waals surface area contributed by atoms with Crippen molar-refractivity contribution in [2.24, 2.45) is 10.9 Å². The number of sulfonamides is 1. The van der Waals surface area contributed by atoms with Gasteiger partial charge < -0.3 is 10.6 Å². The van der Waals surface area contributed by atoms with Crippen LogP contribution in [0.1, 0.15) is 33.6 Å². The van der Waals surface area contributed by atoms with Gasteiger partial charge in [-0.1, -0.05) is 20.8 Å². The monoisotopic (exact) mass is 434 g/mol. The molecule has 0 radical (unpaired) electrons. The number of nitrogens with zero attached hydrogens (tertiary/aromatic N) is 2. The lowest BCUT2D eigenvalue weighted by Gasteiger charge is -2.18. The molecule has 0 aliphatic heterocycles. The summed E-state index contributed by atoms with van der Waals surface area (Å²) in [7, 11) is -1.35. The molecule has 0 aromatic rings. The van der Waals surface area contributed by atoms with Gasteiger partial charge in [-0.05, 0) is 18.8 Å². The van der Waals surface area contributed by atoms with E-state index in [9.17, 15) is 8.42 Å². The molecule has 0 bridgehead atoms. The Hall–Kier alpha value is -0.0900. The lowest BCUT2D eigenvalue weighted by molar-refractivity contribution is 0.424. The predicted molar refractivity (Wildman–Crippen MR) is 101 cm³/mol. The summed E-state index contributed by atoms with van der Waals surface area (Å²) in [5.74, 6) is 1.43. The summed E-state index contributed by atoms with van der Waals surface area (Å²) in [6.07, 6.45) is 3.10. The van der Waals surface area contributed by atoms with Crippen molar-refractivity contribution < 1.29 is 8.42 Å². The Morgan fingerprint density at radius 3 is 2.24 bits per heavy atom. The van der Waals surface area contributed by atoms with Gasteiger partial charge in [0, 0.05) is 33.2 Å². The van der Waals surface area contributed by atoms with Crippen molar-refractivity contribution >= 4 is 40.0 Å². The van der Waals surface area contributed by atoms with Gasteiger partial charge in [-0.15, -0.1) is 24.0 Å². The van der Waals surface area contributed by atoms with Gasteiger partial charge in [-0.25, -0.2) is 12.7 Å². The normalized spacial score (nSPS) is 12.4. The summed E-state index contributed by atoms with van der Waals surface area (Å²) in [6.45, 7) is 8.85. The van der Waals surface area contributed by atoms with Crippen LogP contribution in [-0.2, 0) is 10.0 Å². The molecule has 0 amide bonds. The van der Waals surface area contributed by atoms with E-state index in [1.54, 1.807) is 7.05 Å². The molecule has 0 aromatic heterocycles. The second-order valence-corrected chi connectivity index (χ2v) is 7.20. The van der Waals surface area contributed by atoms with E-state index in [-0.39, 0.29) is 24.0 Å². The van der Waals surface area contributed by atoms with Gasteiger partial charge in [-0.2, -0.15) is 0 Å². The van der Waals surface area contributed by atoms with Crippen molar-refractivity contribution in [1.82, 2.24) is 14.9 Å². The van der Waals surface area contributed by atoms with E-state index in [1.165, 1.54) is 10.6 Å². The first-order valence-corrected chi connectivity index (χ1v) is 9.05. The first kappa shape index (κ1) is 23.2. The molecule has 8 heteroatoms. The third kappa shape index (κ3) is 12.2. The molecule has 0 saturated carbocycles. The molecular weight excluding hydrogens is 403 g/mol. The predicted octanol–water partition coefficient (Wildman–Crippen LogP) is 1.49. The first-order chi connectivity index (χ1) is 9.31. The van der Waals surface area contributed by atoms with E-state index in [0.29, 0.717) is 25.6 Å². The molecule has 0 spiro atoms. The maximum atomic E-state index is 11.4. The summed E-state index contributed by atoms with van der Waals surface area (Å²) < 4.78 is 24.3. The summed E-state index contributed by atoms with van der Waals surface area (Å²) >= 11 is 0. The highest BCUT2D eigenvalue weighted by molar-refractivity contribution is 14.0. The molecule has 0 aromatic carbocycles. The van der Waals surface area contributed by atoms with Crippen LogP contribution in [0.2, 0.25) is 0 Å². The number of aliphatic imine (C=N–C) groups is 1. The zero-order valence-electron chi connectivity index (χ0n) is 13.8. The molecule has 0 fully saturated rings. The molecule has 0 aliphatic carbocycles. The Kier molecular flexibility index (Phi) is 13.7. The van der Waals surface area contributed by atoms with Crippen LogP contribution in [0.25, 0.3) is 0 Å². The Balaban J connectivity index is 0. The summed E-state index contributed by atoms with van der Waals surface area (Å²) in [5.41, 5.74) is 0. The van der Waals surface area contributed by atoms with Crippen LogP contribution in [0.15, 0.2) is 4.99 Å².